The fraction of sp³-hybridized carbons (Fsp3) is 0.421. The summed E-state index contributed by atoms with van der Waals surface area (Å²) >= 11 is 0. The molecule has 0 radical (unpaired) electrons. The summed E-state index contributed by atoms with van der Waals surface area (Å²) in [5.74, 6) is 1.48. The largest absolute Gasteiger partial charge is 0.493 e. The molecule has 3 rings (SSSR count). The third-order valence-corrected chi connectivity index (χ3v) is 4.25. The van der Waals surface area contributed by atoms with E-state index in [1.807, 2.05) is 26.0 Å². The van der Waals surface area contributed by atoms with Crippen LogP contribution in [-0.4, -0.2) is 55.9 Å². The van der Waals surface area contributed by atoms with Gasteiger partial charge in [0.1, 0.15) is 0 Å². The summed E-state index contributed by atoms with van der Waals surface area (Å²) in [6, 6.07) is 7.19. The first-order valence-corrected chi connectivity index (χ1v) is 8.82. The van der Waals surface area contributed by atoms with E-state index in [9.17, 15) is 4.79 Å². The molecular formula is C19H24N4O4. The quantitative estimate of drug-likeness (QED) is 0.829. The molecule has 0 unspecified atom stereocenters. The first-order valence-electron chi connectivity index (χ1n) is 8.82. The minimum Gasteiger partial charge on any atom is -0.493 e. The van der Waals surface area contributed by atoms with E-state index in [2.05, 4.69) is 20.2 Å². The Hall–Kier alpha value is -2.87. The summed E-state index contributed by atoms with van der Waals surface area (Å²) in [5, 5.41) is 2.84. The normalized spacial score (nSPS) is 14.0. The molecular weight excluding hydrogens is 348 g/mol. The van der Waals surface area contributed by atoms with Gasteiger partial charge in [0.25, 0.3) is 5.91 Å². The summed E-state index contributed by atoms with van der Waals surface area (Å²) < 4.78 is 16.1. The Balaban J connectivity index is 1.65. The van der Waals surface area contributed by atoms with Crippen LogP contribution in [-0.2, 0) is 9.53 Å². The molecule has 1 aliphatic rings. The minimum absolute atomic E-state index is 0.134. The van der Waals surface area contributed by atoms with Gasteiger partial charge in [-0.15, -0.1) is 0 Å². The van der Waals surface area contributed by atoms with Crippen LogP contribution >= 0.6 is 0 Å². The highest BCUT2D eigenvalue weighted by molar-refractivity contribution is 5.93. The van der Waals surface area contributed by atoms with Crippen LogP contribution in [0.2, 0.25) is 0 Å². The lowest BCUT2D eigenvalue weighted by atomic mass is 10.2. The van der Waals surface area contributed by atoms with Gasteiger partial charge < -0.3 is 24.4 Å². The Labute approximate surface area is 158 Å². The molecule has 1 amide bonds. The highest BCUT2D eigenvalue weighted by Crippen LogP contribution is 2.26. The molecule has 1 aromatic heterocycles. The van der Waals surface area contributed by atoms with Crippen molar-refractivity contribution in [2.24, 2.45) is 0 Å². The predicted octanol–water partition coefficient (Wildman–Crippen LogP) is 1.96. The second kappa shape index (κ2) is 8.68. The van der Waals surface area contributed by atoms with Crippen molar-refractivity contribution in [2.75, 3.05) is 50.2 Å². The molecule has 2 aromatic rings. The van der Waals surface area contributed by atoms with E-state index in [1.54, 1.807) is 19.2 Å². The standard InChI is InChI=1S/C19H24N4O4/c1-13-18(14(2)21-19(20-13)23-8-10-26-11-9-23)22-17(24)12-27-16-7-5-4-6-15(16)25-3/h4-7H,8-12H2,1-3H3,(H,22,24). The number of hydrogen-bond acceptors (Lipinski definition) is 7. The van der Waals surface area contributed by atoms with Crippen LogP contribution in [0.5, 0.6) is 11.5 Å². The number of aromatic nitrogens is 2. The number of nitrogens with one attached hydrogen (secondary N) is 1. The molecule has 8 heteroatoms. The Morgan fingerprint density at radius 2 is 1.78 bits per heavy atom. The number of carbonyl (C=O) groups is 1. The molecule has 1 saturated heterocycles. The number of morpholine rings is 1. The zero-order chi connectivity index (χ0) is 19.2. The molecule has 2 heterocycles. The van der Waals surface area contributed by atoms with Gasteiger partial charge in [-0.3, -0.25) is 4.79 Å². The first-order chi connectivity index (χ1) is 13.1. The summed E-state index contributed by atoms with van der Waals surface area (Å²) in [4.78, 5) is 23.5. The minimum atomic E-state index is -0.283. The number of nitrogens with zero attached hydrogens (tertiary/aromatic N) is 3. The summed E-state index contributed by atoms with van der Waals surface area (Å²) in [5.41, 5.74) is 2.05. The van der Waals surface area contributed by atoms with Crippen molar-refractivity contribution in [3.05, 3.63) is 35.7 Å². The maximum absolute atomic E-state index is 12.3. The van der Waals surface area contributed by atoms with Crippen molar-refractivity contribution in [1.29, 1.82) is 0 Å². The van der Waals surface area contributed by atoms with Gasteiger partial charge in [-0.05, 0) is 26.0 Å². The van der Waals surface area contributed by atoms with Crippen molar-refractivity contribution in [3.63, 3.8) is 0 Å². The van der Waals surface area contributed by atoms with E-state index in [4.69, 9.17) is 14.2 Å². The topological polar surface area (TPSA) is 85.8 Å². The van der Waals surface area contributed by atoms with E-state index < -0.39 is 0 Å². The van der Waals surface area contributed by atoms with Crippen molar-refractivity contribution in [1.82, 2.24) is 9.97 Å². The van der Waals surface area contributed by atoms with E-state index in [0.717, 1.165) is 24.5 Å². The molecule has 1 aliphatic heterocycles. The number of benzene rings is 1. The van der Waals surface area contributed by atoms with Gasteiger partial charge in [-0.2, -0.15) is 0 Å². The molecule has 0 aliphatic carbocycles. The highest BCUT2D eigenvalue weighted by Gasteiger charge is 2.18. The second-order valence-electron chi connectivity index (χ2n) is 6.16. The lowest BCUT2D eigenvalue weighted by Crippen LogP contribution is -2.37. The predicted molar refractivity (Wildman–Crippen MR) is 102 cm³/mol. The van der Waals surface area contributed by atoms with Crippen molar-refractivity contribution in [3.8, 4) is 11.5 Å². The van der Waals surface area contributed by atoms with E-state index in [-0.39, 0.29) is 12.5 Å². The second-order valence-corrected chi connectivity index (χ2v) is 6.16. The number of amides is 1. The van der Waals surface area contributed by atoms with E-state index >= 15 is 0 Å². The number of hydrogen-bond donors (Lipinski definition) is 1. The molecule has 27 heavy (non-hydrogen) atoms. The number of aryl methyl sites for hydroxylation is 2. The fourth-order valence-corrected chi connectivity index (χ4v) is 2.84. The van der Waals surface area contributed by atoms with Crippen LogP contribution in [0.3, 0.4) is 0 Å². The third kappa shape index (κ3) is 4.65. The monoisotopic (exact) mass is 372 g/mol. The van der Waals surface area contributed by atoms with Crippen LogP contribution < -0.4 is 19.7 Å². The molecule has 0 atom stereocenters. The Morgan fingerprint density at radius 3 is 2.41 bits per heavy atom. The number of rotatable bonds is 6. The van der Waals surface area contributed by atoms with Crippen molar-refractivity contribution in [2.45, 2.75) is 13.8 Å². The first kappa shape index (κ1) is 18.9. The van der Waals surface area contributed by atoms with Crippen molar-refractivity contribution >= 4 is 17.5 Å². The zero-order valence-electron chi connectivity index (χ0n) is 15.8. The van der Waals surface area contributed by atoms with Gasteiger partial charge in [0.2, 0.25) is 5.95 Å². The highest BCUT2D eigenvalue weighted by atomic mass is 16.5. The van der Waals surface area contributed by atoms with Gasteiger partial charge in [-0.1, -0.05) is 12.1 Å². The van der Waals surface area contributed by atoms with Crippen LogP contribution in [0.25, 0.3) is 0 Å². The number of anilines is 2. The summed E-state index contributed by atoms with van der Waals surface area (Å²) in [7, 11) is 1.56. The molecule has 1 aromatic carbocycles. The van der Waals surface area contributed by atoms with Gasteiger partial charge in [0, 0.05) is 13.1 Å². The number of para-hydroxylation sites is 2. The lowest BCUT2D eigenvalue weighted by Gasteiger charge is -2.27. The average Bonchev–Trinajstić information content (AvgIpc) is 2.70. The maximum Gasteiger partial charge on any atom is 0.262 e. The van der Waals surface area contributed by atoms with Gasteiger partial charge >= 0.3 is 0 Å². The Bertz CT molecular complexity index is 783. The molecule has 144 valence electrons. The van der Waals surface area contributed by atoms with Gasteiger partial charge in [0.05, 0.1) is 37.4 Å². The third-order valence-electron chi connectivity index (χ3n) is 4.25. The van der Waals surface area contributed by atoms with Crippen LogP contribution in [0, 0.1) is 13.8 Å². The summed E-state index contributed by atoms with van der Waals surface area (Å²) in [6.07, 6.45) is 0. The lowest BCUT2D eigenvalue weighted by molar-refractivity contribution is -0.118. The molecule has 1 fully saturated rings. The molecule has 0 spiro atoms. The van der Waals surface area contributed by atoms with Gasteiger partial charge in [0.15, 0.2) is 18.1 Å². The smallest absolute Gasteiger partial charge is 0.262 e. The average molecular weight is 372 g/mol. The molecule has 0 bridgehead atoms. The molecule has 1 N–H and O–H groups in total. The number of ether oxygens (including phenoxy) is 3. The maximum atomic E-state index is 12.3. The SMILES string of the molecule is COc1ccccc1OCC(=O)Nc1c(C)nc(N2CCOCC2)nc1C. The van der Waals surface area contributed by atoms with Crippen LogP contribution in [0.15, 0.2) is 24.3 Å². The zero-order valence-corrected chi connectivity index (χ0v) is 15.8. The fourth-order valence-electron chi connectivity index (χ4n) is 2.84. The van der Waals surface area contributed by atoms with E-state index in [0.29, 0.717) is 36.3 Å². The molecule has 0 saturated carbocycles. The Kier molecular flexibility index (Phi) is 6.08. The number of methoxy groups -OCH3 is 1. The Morgan fingerprint density at radius 1 is 1.15 bits per heavy atom. The van der Waals surface area contributed by atoms with Gasteiger partial charge in [-0.25, -0.2) is 9.97 Å². The van der Waals surface area contributed by atoms with E-state index in [1.165, 1.54) is 0 Å². The summed E-state index contributed by atoms with van der Waals surface area (Å²) in [6.45, 7) is 6.43. The van der Waals surface area contributed by atoms with Crippen LogP contribution in [0.4, 0.5) is 11.6 Å². The van der Waals surface area contributed by atoms with Crippen molar-refractivity contribution < 1.29 is 19.0 Å². The number of carbonyl (C=O) groups excluding carboxylic acids is 1. The van der Waals surface area contributed by atoms with Crippen LogP contribution in [0.1, 0.15) is 11.4 Å². The molecule has 8 nitrogen and oxygen atoms in total.